The maximum atomic E-state index is 13.3. The topological polar surface area (TPSA) is 55.2 Å². The lowest BCUT2D eigenvalue weighted by Gasteiger charge is -2.24. The summed E-state index contributed by atoms with van der Waals surface area (Å²) in [5.74, 6) is -0.0805. The molecule has 28 heavy (non-hydrogen) atoms. The third-order valence-electron chi connectivity index (χ3n) is 5.29. The Hall–Kier alpha value is -3.21. The normalized spacial score (nSPS) is 14.0. The molecule has 3 aromatic rings. The molecule has 1 amide bonds. The van der Waals surface area contributed by atoms with Crippen LogP contribution in [0.2, 0.25) is 0 Å². The number of aryl methyl sites for hydroxylation is 1. The second kappa shape index (κ2) is 7.43. The average Bonchev–Trinajstić information content (AvgIpc) is 3.14. The van der Waals surface area contributed by atoms with Gasteiger partial charge in [0.25, 0.3) is 11.5 Å². The van der Waals surface area contributed by atoms with Crippen molar-refractivity contribution >= 4 is 11.6 Å². The van der Waals surface area contributed by atoms with Gasteiger partial charge in [-0.1, -0.05) is 55.0 Å². The Morgan fingerprint density at radius 1 is 1.07 bits per heavy atom. The molecule has 5 nitrogen and oxygen atoms in total. The van der Waals surface area contributed by atoms with Crippen LogP contribution in [-0.2, 0) is 11.2 Å². The first-order valence-electron chi connectivity index (χ1n) is 9.64. The summed E-state index contributed by atoms with van der Waals surface area (Å²) in [6, 6.07) is 18.5. The van der Waals surface area contributed by atoms with Crippen LogP contribution < -0.4 is 10.5 Å². The predicted octanol–water partition coefficient (Wildman–Crippen LogP) is 3.76. The number of amides is 1. The summed E-state index contributed by atoms with van der Waals surface area (Å²) < 4.78 is 1.35. The van der Waals surface area contributed by atoms with Gasteiger partial charge in [0.2, 0.25) is 0 Å². The van der Waals surface area contributed by atoms with Gasteiger partial charge in [0, 0.05) is 23.9 Å². The van der Waals surface area contributed by atoms with Crippen LogP contribution in [0.4, 0.5) is 5.69 Å². The first-order chi connectivity index (χ1) is 13.6. The number of hydrogen-bond donors (Lipinski definition) is 0. The molecule has 0 aliphatic carbocycles. The largest absolute Gasteiger partial charge is 0.310 e. The molecule has 0 bridgehead atoms. The molecule has 1 atom stereocenters. The van der Waals surface area contributed by atoms with Crippen LogP contribution in [0.25, 0.3) is 11.3 Å². The average molecular weight is 373 g/mol. The lowest BCUT2D eigenvalue weighted by Crippen LogP contribution is -2.40. The van der Waals surface area contributed by atoms with Crippen LogP contribution in [0.1, 0.15) is 30.5 Å². The van der Waals surface area contributed by atoms with E-state index in [4.69, 9.17) is 0 Å². The van der Waals surface area contributed by atoms with Gasteiger partial charge in [-0.25, -0.2) is 4.68 Å². The molecule has 1 aromatic heterocycles. The second-order valence-corrected chi connectivity index (χ2v) is 7.16. The SMILES string of the molecule is CC[C@H](C(=O)N1CCc2ccccc21)n1nc(-c2ccc(C)cc2)ccc1=O. The van der Waals surface area contributed by atoms with Gasteiger partial charge >= 0.3 is 0 Å². The molecule has 1 aliphatic rings. The number of anilines is 1. The first kappa shape index (κ1) is 18.2. The van der Waals surface area contributed by atoms with Crippen molar-refractivity contribution in [2.75, 3.05) is 11.4 Å². The minimum atomic E-state index is -0.621. The van der Waals surface area contributed by atoms with Gasteiger partial charge < -0.3 is 4.90 Å². The van der Waals surface area contributed by atoms with Crippen molar-refractivity contribution in [3.8, 4) is 11.3 Å². The minimum absolute atomic E-state index is 0.0805. The summed E-state index contributed by atoms with van der Waals surface area (Å²) in [7, 11) is 0. The standard InChI is InChI=1S/C23H23N3O2/c1-3-20(23(28)25-15-14-18-6-4-5-7-21(18)25)26-22(27)13-12-19(24-26)17-10-8-16(2)9-11-17/h4-13,20H,3,14-15H2,1-2H3/t20-/m1/s1. The molecule has 4 rings (SSSR count). The summed E-state index contributed by atoms with van der Waals surface area (Å²) >= 11 is 0. The van der Waals surface area contributed by atoms with Gasteiger partial charge in [0.15, 0.2) is 0 Å². The van der Waals surface area contributed by atoms with E-state index in [1.54, 1.807) is 11.0 Å². The number of carbonyl (C=O) groups excluding carboxylic acids is 1. The Balaban J connectivity index is 1.70. The minimum Gasteiger partial charge on any atom is -0.310 e. The van der Waals surface area contributed by atoms with Gasteiger partial charge in [0.1, 0.15) is 6.04 Å². The van der Waals surface area contributed by atoms with Gasteiger partial charge in [-0.2, -0.15) is 5.10 Å². The van der Waals surface area contributed by atoms with Crippen molar-refractivity contribution in [1.82, 2.24) is 9.78 Å². The van der Waals surface area contributed by atoms with Crippen molar-refractivity contribution in [3.05, 3.63) is 82.1 Å². The molecule has 2 heterocycles. The fourth-order valence-corrected chi connectivity index (χ4v) is 3.73. The summed E-state index contributed by atoms with van der Waals surface area (Å²) in [4.78, 5) is 27.7. The van der Waals surface area contributed by atoms with E-state index in [1.165, 1.54) is 16.3 Å². The fourth-order valence-electron chi connectivity index (χ4n) is 3.73. The van der Waals surface area contributed by atoms with Crippen LogP contribution >= 0.6 is 0 Å². The van der Waals surface area contributed by atoms with E-state index in [0.29, 0.717) is 18.7 Å². The summed E-state index contributed by atoms with van der Waals surface area (Å²) in [6.45, 7) is 4.58. The van der Waals surface area contributed by atoms with Crippen molar-refractivity contribution in [2.45, 2.75) is 32.7 Å². The fraction of sp³-hybridized carbons (Fsp3) is 0.261. The molecule has 0 saturated heterocycles. The Kier molecular flexibility index (Phi) is 4.82. The van der Waals surface area contributed by atoms with E-state index in [9.17, 15) is 9.59 Å². The van der Waals surface area contributed by atoms with Gasteiger partial charge in [-0.15, -0.1) is 0 Å². The number of rotatable bonds is 4. The van der Waals surface area contributed by atoms with Crippen LogP contribution in [0.3, 0.4) is 0 Å². The molecule has 0 N–H and O–H groups in total. The molecular formula is C23H23N3O2. The molecule has 0 fully saturated rings. The lowest BCUT2D eigenvalue weighted by molar-refractivity contribution is -0.122. The highest BCUT2D eigenvalue weighted by atomic mass is 16.2. The van der Waals surface area contributed by atoms with Crippen molar-refractivity contribution in [3.63, 3.8) is 0 Å². The third-order valence-corrected chi connectivity index (χ3v) is 5.29. The molecular weight excluding hydrogens is 350 g/mol. The quantitative estimate of drug-likeness (QED) is 0.700. The number of hydrogen-bond acceptors (Lipinski definition) is 3. The van der Waals surface area contributed by atoms with Crippen molar-refractivity contribution < 1.29 is 4.79 Å². The van der Waals surface area contributed by atoms with Gasteiger partial charge in [0.05, 0.1) is 5.69 Å². The van der Waals surface area contributed by atoms with Crippen LogP contribution in [0, 0.1) is 6.92 Å². The van der Waals surface area contributed by atoms with E-state index in [1.807, 2.05) is 62.4 Å². The number of fused-ring (bicyclic) bond motifs is 1. The molecule has 0 saturated carbocycles. The highest BCUT2D eigenvalue weighted by molar-refractivity contribution is 5.97. The number of carbonyl (C=O) groups is 1. The number of nitrogens with zero attached hydrogens (tertiary/aromatic N) is 3. The monoisotopic (exact) mass is 373 g/mol. The zero-order valence-corrected chi connectivity index (χ0v) is 16.1. The number of aromatic nitrogens is 2. The highest BCUT2D eigenvalue weighted by Gasteiger charge is 2.31. The van der Waals surface area contributed by atoms with E-state index in [-0.39, 0.29) is 11.5 Å². The molecule has 2 aromatic carbocycles. The zero-order valence-electron chi connectivity index (χ0n) is 16.1. The van der Waals surface area contributed by atoms with Crippen LogP contribution in [0.5, 0.6) is 0 Å². The molecule has 5 heteroatoms. The maximum Gasteiger partial charge on any atom is 0.267 e. The van der Waals surface area contributed by atoms with Gasteiger partial charge in [-0.3, -0.25) is 9.59 Å². The summed E-state index contributed by atoms with van der Waals surface area (Å²) in [5.41, 5.74) is 4.61. The zero-order chi connectivity index (χ0) is 19.7. The van der Waals surface area contributed by atoms with Crippen molar-refractivity contribution in [1.29, 1.82) is 0 Å². The molecule has 142 valence electrons. The lowest BCUT2D eigenvalue weighted by atomic mass is 10.1. The molecule has 0 spiro atoms. The van der Waals surface area contributed by atoms with E-state index in [2.05, 4.69) is 5.10 Å². The summed E-state index contributed by atoms with van der Waals surface area (Å²) in [6.07, 6.45) is 1.34. The molecule has 0 radical (unpaired) electrons. The maximum absolute atomic E-state index is 13.3. The predicted molar refractivity (Wildman–Crippen MR) is 110 cm³/mol. The Morgan fingerprint density at radius 3 is 2.57 bits per heavy atom. The second-order valence-electron chi connectivity index (χ2n) is 7.16. The van der Waals surface area contributed by atoms with Crippen LogP contribution in [-0.4, -0.2) is 22.2 Å². The number of para-hydroxylation sites is 1. The third kappa shape index (κ3) is 3.24. The number of benzene rings is 2. The molecule has 1 aliphatic heterocycles. The Bertz CT molecular complexity index is 1070. The first-order valence-corrected chi connectivity index (χ1v) is 9.64. The Morgan fingerprint density at radius 2 is 1.82 bits per heavy atom. The van der Waals surface area contributed by atoms with E-state index in [0.717, 1.165) is 23.2 Å². The highest BCUT2D eigenvalue weighted by Crippen LogP contribution is 2.30. The van der Waals surface area contributed by atoms with E-state index < -0.39 is 6.04 Å². The van der Waals surface area contributed by atoms with Crippen molar-refractivity contribution in [2.24, 2.45) is 0 Å². The smallest absolute Gasteiger partial charge is 0.267 e. The summed E-state index contributed by atoms with van der Waals surface area (Å²) in [5, 5.41) is 4.55. The molecule has 0 unspecified atom stereocenters. The van der Waals surface area contributed by atoms with E-state index >= 15 is 0 Å². The Labute approximate surface area is 164 Å². The van der Waals surface area contributed by atoms with Crippen LogP contribution in [0.15, 0.2) is 65.5 Å². The van der Waals surface area contributed by atoms with Gasteiger partial charge in [-0.05, 0) is 37.5 Å².